The van der Waals surface area contributed by atoms with Gasteiger partial charge in [-0.1, -0.05) is 0 Å². The van der Waals surface area contributed by atoms with Gasteiger partial charge in [-0.25, -0.2) is 15.1 Å². The number of hydrogen-bond acceptors (Lipinski definition) is 8. The van der Waals surface area contributed by atoms with Gasteiger partial charge in [0.15, 0.2) is 0 Å². The summed E-state index contributed by atoms with van der Waals surface area (Å²) in [6.07, 6.45) is 2.40. The van der Waals surface area contributed by atoms with Crippen molar-refractivity contribution in [1.29, 1.82) is 0 Å². The van der Waals surface area contributed by atoms with Crippen LogP contribution < -0.4 is 15.8 Å². The Morgan fingerprint density at radius 1 is 1.23 bits per heavy atom. The van der Waals surface area contributed by atoms with Crippen molar-refractivity contribution in [2.45, 2.75) is 57.6 Å². The van der Waals surface area contributed by atoms with Gasteiger partial charge < -0.3 is 15.0 Å². The molecule has 1 atom stereocenters. The first-order valence-electron chi connectivity index (χ1n) is 11.4. The number of aromatic amines is 1. The molecular weight excluding hydrogens is 465 g/mol. The molecule has 2 aliphatic rings. The topological polar surface area (TPSA) is 114 Å². The van der Waals surface area contributed by atoms with E-state index in [0.29, 0.717) is 25.0 Å². The highest BCUT2D eigenvalue weighted by molar-refractivity contribution is 5.50. The zero-order chi connectivity index (χ0) is 24.6. The smallest absolute Gasteiger partial charge is 0.378 e. The van der Waals surface area contributed by atoms with Gasteiger partial charge in [-0.15, -0.1) is 0 Å². The summed E-state index contributed by atoms with van der Waals surface area (Å²) in [5.74, 6) is 1.32. The average molecular weight is 490 g/mol. The van der Waals surface area contributed by atoms with E-state index in [1.54, 1.807) is 6.92 Å². The van der Waals surface area contributed by atoms with Crippen molar-refractivity contribution < 1.29 is 17.9 Å². The van der Waals surface area contributed by atoms with Gasteiger partial charge in [0.1, 0.15) is 5.56 Å². The maximum Gasteiger partial charge on any atom is 0.423 e. The Kier molecular flexibility index (Phi) is 6.17. The molecule has 0 radical (unpaired) electrons. The Labute approximate surface area is 198 Å². The van der Waals surface area contributed by atoms with Crippen LogP contribution >= 0.6 is 0 Å². The van der Waals surface area contributed by atoms with Gasteiger partial charge in [0.25, 0.3) is 5.56 Å². The van der Waals surface area contributed by atoms with Gasteiger partial charge >= 0.3 is 6.18 Å². The average Bonchev–Trinajstić information content (AvgIpc) is 3.58. The molecule has 0 amide bonds. The monoisotopic (exact) mass is 490 g/mol. The number of nitrogens with zero attached hydrogens (tertiary/aromatic N) is 6. The van der Waals surface area contributed by atoms with Gasteiger partial charge in [0.05, 0.1) is 49.6 Å². The lowest BCUT2D eigenvalue weighted by Gasteiger charge is -2.27. The van der Waals surface area contributed by atoms with E-state index >= 15 is 0 Å². The Bertz CT molecular complexity index is 1240. The third-order valence-electron chi connectivity index (χ3n) is 6.00. The maximum absolute atomic E-state index is 13.2. The second-order valence-electron chi connectivity index (χ2n) is 8.91. The fourth-order valence-electron chi connectivity index (χ4n) is 4.13. The van der Waals surface area contributed by atoms with Crippen LogP contribution in [0.1, 0.15) is 48.2 Å². The predicted molar refractivity (Wildman–Crippen MR) is 120 cm³/mol. The van der Waals surface area contributed by atoms with Gasteiger partial charge in [0.2, 0.25) is 5.95 Å². The molecule has 3 aromatic rings. The summed E-state index contributed by atoms with van der Waals surface area (Å²) in [6.45, 7) is 4.04. The van der Waals surface area contributed by atoms with Crippen LogP contribution in [0.2, 0.25) is 0 Å². The fraction of sp³-hybridized carbons (Fsp3) is 0.500. The van der Waals surface area contributed by atoms with E-state index in [4.69, 9.17) is 4.74 Å². The van der Waals surface area contributed by atoms with Crippen molar-refractivity contribution in [3.8, 4) is 0 Å². The second-order valence-corrected chi connectivity index (χ2v) is 8.91. The van der Waals surface area contributed by atoms with E-state index in [-0.39, 0.29) is 18.9 Å². The summed E-state index contributed by atoms with van der Waals surface area (Å²) in [4.78, 5) is 22.8. The number of anilines is 2. The summed E-state index contributed by atoms with van der Waals surface area (Å²) in [5.41, 5.74) is -0.0475. The Balaban J connectivity index is 1.15. The van der Waals surface area contributed by atoms with Crippen LogP contribution in [0, 0.1) is 0 Å². The van der Waals surface area contributed by atoms with E-state index in [1.165, 1.54) is 18.4 Å². The van der Waals surface area contributed by atoms with E-state index in [0.717, 1.165) is 24.1 Å². The number of hydrogen-bond donors (Lipinski definition) is 2. The maximum atomic E-state index is 13.2. The lowest BCUT2D eigenvalue weighted by molar-refractivity contribution is -0.138. The highest BCUT2D eigenvalue weighted by Gasteiger charge is 2.37. The molecule has 1 aliphatic heterocycles. The number of nitrogens with one attached hydrogen (secondary N) is 2. The molecule has 0 spiro atoms. The molecule has 186 valence electrons. The van der Waals surface area contributed by atoms with Crippen LogP contribution in [0.5, 0.6) is 0 Å². The minimum atomic E-state index is -4.80. The van der Waals surface area contributed by atoms with Gasteiger partial charge in [-0.3, -0.25) is 9.48 Å². The number of H-pyrrole nitrogens is 1. The zero-order valence-corrected chi connectivity index (χ0v) is 19.0. The molecule has 4 heterocycles. The summed E-state index contributed by atoms with van der Waals surface area (Å²) >= 11 is 0. The zero-order valence-electron chi connectivity index (χ0n) is 19.0. The van der Waals surface area contributed by atoms with Crippen molar-refractivity contribution >= 4 is 11.6 Å². The van der Waals surface area contributed by atoms with Crippen molar-refractivity contribution in [3.63, 3.8) is 0 Å². The van der Waals surface area contributed by atoms with Gasteiger partial charge in [0, 0.05) is 25.0 Å². The first kappa shape index (κ1) is 23.3. The van der Waals surface area contributed by atoms with Crippen LogP contribution in [-0.4, -0.2) is 49.1 Å². The normalized spacial score (nSPS) is 16.7. The highest BCUT2D eigenvalue weighted by atomic mass is 19.4. The number of rotatable bonds is 8. The molecule has 35 heavy (non-hydrogen) atoms. The van der Waals surface area contributed by atoms with Crippen LogP contribution in [0.15, 0.2) is 29.5 Å². The molecule has 13 heteroatoms. The van der Waals surface area contributed by atoms with E-state index in [1.807, 2.05) is 28.2 Å². The molecule has 0 saturated heterocycles. The summed E-state index contributed by atoms with van der Waals surface area (Å²) in [5, 5.41) is 12.5. The number of alkyl halides is 3. The van der Waals surface area contributed by atoms with Crippen molar-refractivity contribution in [2.75, 3.05) is 23.4 Å². The SMILES string of the molecule is C[C@@H](COCc1cc2n(n1)CCN(c1ncc(C3CC3)cn1)C2)Nc1cn[nH]c(=O)c1C(F)(F)F. The summed E-state index contributed by atoms with van der Waals surface area (Å²) in [7, 11) is 0. The minimum absolute atomic E-state index is 0.111. The van der Waals surface area contributed by atoms with E-state index < -0.39 is 23.3 Å². The van der Waals surface area contributed by atoms with Crippen molar-refractivity contribution in [1.82, 2.24) is 29.9 Å². The molecule has 1 aliphatic carbocycles. The lowest BCUT2D eigenvalue weighted by Crippen LogP contribution is -2.34. The van der Waals surface area contributed by atoms with Crippen LogP contribution in [0.3, 0.4) is 0 Å². The molecule has 10 nitrogen and oxygen atoms in total. The van der Waals surface area contributed by atoms with Gasteiger partial charge in [-0.05, 0) is 37.3 Å². The molecule has 3 aromatic heterocycles. The van der Waals surface area contributed by atoms with Crippen molar-refractivity contribution in [3.05, 3.63) is 57.5 Å². The first-order chi connectivity index (χ1) is 16.8. The lowest BCUT2D eigenvalue weighted by atomic mass is 10.2. The van der Waals surface area contributed by atoms with Gasteiger partial charge in [-0.2, -0.15) is 23.4 Å². The molecule has 0 bridgehead atoms. The second kappa shape index (κ2) is 9.29. The Morgan fingerprint density at radius 3 is 2.71 bits per heavy atom. The molecular formula is C22H25F3N8O2. The highest BCUT2D eigenvalue weighted by Crippen LogP contribution is 2.39. The number of fused-ring (bicyclic) bond motifs is 1. The molecule has 1 saturated carbocycles. The Hall–Kier alpha value is -3.48. The first-order valence-corrected chi connectivity index (χ1v) is 11.4. The van der Waals surface area contributed by atoms with Crippen LogP contribution in [-0.2, 0) is 30.6 Å². The third kappa shape index (κ3) is 5.29. The molecule has 1 fully saturated rings. The largest absolute Gasteiger partial charge is 0.423 e. The summed E-state index contributed by atoms with van der Waals surface area (Å²) in [6, 6.07) is 1.45. The number of halogens is 3. The molecule has 0 aromatic carbocycles. The van der Waals surface area contributed by atoms with E-state index in [2.05, 4.69) is 30.4 Å². The van der Waals surface area contributed by atoms with E-state index in [9.17, 15) is 18.0 Å². The number of aromatic nitrogens is 6. The van der Waals surface area contributed by atoms with Crippen LogP contribution in [0.4, 0.5) is 24.8 Å². The predicted octanol–water partition coefficient (Wildman–Crippen LogP) is 2.69. The molecule has 0 unspecified atom stereocenters. The molecule has 5 rings (SSSR count). The quantitative estimate of drug-likeness (QED) is 0.496. The van der Waals surface area contributed by atoms with Crippen molar-refractivity contribution in [2.24, 2.45) is 0 Å². The standard InChI is InChI=1S/C22H25F3N8O2/c1-13(29-18-9-28-30-20(34)19(18)22(23,24)25)11-35-12-16-6-17-10-32(4-5-33(17)31-16)21-26-7-15(8-27-21)14-2-3-14/h6-9,13-14H,2-5,10-12H2,1H3,(H2,29,30,34)/t13-/m0/s1. The van der Waals surface area contributed by atoms with Crippen LogP contribution in [0.25, 0.3) is 0 Å². The summed E-state index contributed by atoms with van der Waals surface area (Å²) < 4.78 is 47.2. The molecule has 2 N–H and O–H groups in total. The minimum Gasteiger partial charge on any atom is -0.378 e. The number of ether oxygens (including phenoxy) is 1. The Morgan fingerprint density at radius 2 is 2.00 bits per heavy atom. The fourth-order valence-corrected chi connectivity index (χ4v) is 4.13. The third-order valence-corrected chi connectivity index (χ3v) is 6.00.